The van der Waals surface area contributed by atoms with Gasteiger partial charge >= 0.3 is 0 Å². The van der Waals surface area contributed by atoms with Gasteiger partial charge in [-0.2, -0.15) is 0 Å². The van der Waals surface area contributed by atoms with Gasteiger partial charge in [0.25, 0.3) is 5.56 Å². The van der Waals surface area contributed by atoms with Gasteiger partial charge in [-0.15, -0.1) is 0 Å². The Balaban J connectivity index is 2.70. The Morgan fingerprint density at radius 3 is 2.47 bits per heavy atom. The maximum absolute atomic E-state index is 12.4. The quantitative estimate of drug-likeness (QED) is 0.906. The Labute approximate surface area is 105 Å². The highest BCUT2D eigenvalue weighted by atomic mass is 32.1. The molecule has 0 fully saturated rings. The van der Waals surface area contributed by atoms with Crippen molar-refractivity contribution >= 4 is 21.6 Å². The average Bonchev–Trinajstić information content (AvgIpc) is 2.72. The predicted molar refractivity (Wildman–Crippen MR) is 73.7 cm³/mol. The van der Waals surface area contributed by atoms with Crippen LogP contribution >= 0.6 is 11.5 Å². The van der Waals surface area contributed by atoms with Crippen LogP contribution in [0.25, 0.3) is 10.1 Å². The van der Waals surface area contributed by atoms with E-state index in [2.05, 4.69) is 13.8 Å². The van der Waals surface area contributed by atoms with Gasteiger partial charge in [-0.1, -0.05) is 37.5 Å². The number of aromatic nitrogens is 1. The van der Waals surface area contributed by atoms with Crippen molar-refractivity contribution in [2.24, 2.45) is 5.73 Å². The van der Waals surface area contributed by atoms with Gasteiger partial charge in [0.1, 0.15) is 0 Å². The number of rotatable bonds is 4. The molecule has 0 bridgehead atoms. The lowest BCUT2D eigenvalue weighted by atomic mass is 9.93. The number of nitrogens with zero attached hydrogens (tertiary/aromatic N) is 1. The van der Waals surface area contributed by atoms with Crippen molar-refractivity contribution in [1.82, 2.24) is 3.96 Å². The van der Waals surface area contributed by atoms with E-state index in [1.54, 1.807) is 0 Å². The topological polar surface area (TPSA) is 48.0 Å². The van der Waals surface area contributed by atoms with E-state index < -0.39 is 0 Å². The fourth-order valence-corrected chi connectivity index (χ4v) is 3.49. The van der Waals surface area contributed by atoms with Gasteiger partial charge in [0.05, 0.1) is 15.6 Å². The zero-order valence-corrected chi connectivity index (χ0v) is 11.1. The molecule has 0 unspecified atom stereocenters. The molecule has 0 aliphatic carbocycles. The molecule has 1 aromatic heterocycles. The minimum absolute atomic E-state index is 0.0970. The molecule has 0 aliphatic heterocycles. The first-order valence-electron chi connectivity index (χ1n) is 6.00. The summed E-state index contributed by atoms with van der Waals surface area (Å²) < 4.78 is 2.91. The van der Waals surface area contributed by atoms with Crippen LogP contribution in [0.2, 0.25) is 0 Å². The molecule has 1 aromatic carbocycles. The van der Waals surface area contributed by atoms with Crippen LogP contribution < -0.4 is 11.3 Å². The largest absolute Gasteiger partial charge is 0.328 e. The van der Waals surface area contributed by atoms with E-state index in [-0.39, 0.29) is 11.1 Å². The average molecular weight is 250 g/mol. The minimum atomic E-state index is -0.221. The smallest absolute Gasteiger partial charge is 0.269 e. The number of fused-ring (bicyclic) bond motifs is 1. The fraction of sp³-hybridized carbons (Fsp3) is 0.462. The standard InChI is InChI=1S/C13H18N2OS/c1-3-13(4-2,9-14)15-12(16)10-7-5-6-8-11(10)17-15/h5-8H,3-4,9,14H2,1-2H3. The minimum Gasteiger partial charge on any atom is -0.328 e. The molecule has 4 heteroatoms. The molecule has 92 valence electrons. The highest BCUT2D eigenvalue weighted by Gasteiger charge is 2.29. The monoisotopic (exact) mass is 250 g/mol. The molecule has 2 aromatic rings. The van der Waals surface area contributed by atoms with E-state index in [1.165, 1.54) is 11.5 Å². The van der Waals surface area contributed by atoms with E-state index in [0.717, 1.165) is 22.9 Å². The molecule has 0 radical (unpaired) electrons. The molecule has 0 amide bonds. The molecule has 0 aliphatic rings. The Morgan fingerprint density at radius 1 is 1.29 bits per heavy atom. The molecule has 0 saturated heterocycles. The molecule has 0 atom stereocenters. The lowest BCUT2D eigenvalue weighted by Crippen LogP contribution is -2.43. The summed E-state index contributed by atoms with van der Waals surface area (Å²) in [7, 11) is 0. The number of hydrogen-bond acceptors (Lipinski definition) is 3. The Hall–Kier alpha value is -1.13. The normalized spacial score (nSPS) is 12.2. The summed E-state index contributed by atoms with van der Waals surface area (Å²) in [5.41, 5.74) is 5.77. The van der Waals surface area contributed by atoms with Gasteiger partial charge < -0.3 is 5.73 Å². The van der Waals surface area contributed by atoms with Crippen molar-refractivity contribution in [2.45, 2.75) is 32.2 Å². The van der Waals surface area contributed by atoms with Crippen LogP contribution in [0.4, 0.5) is 0 Å². The molecule has 3 nitrogen and oxygen atoms in total. The SMILES string of the molecule is CCC(CC)(CN)n1sc2ccccc2c1=O. The van der Waals surface area contributed by atoms with Crippen molar-refractivity contribution in [2.75, 3.05) is 6.54 Å². The fourth-order valence-electron chi connectivity index (χ4n) is 2.19. The predicted octanol–water partition coefficient (Wildman–Crippen LogP) is 2.54. The molecule has 0 saturated carbocycles. The van der Waals surface area contributed by atoms with E-state index in [1.807, 2.05) is 28.2 Å². The second kappa shape index (κ2) is 4.63. The van der Waals surface area contributed by atoms with Gasteiger partial charge in [-0.05, 0) is 25.0 Å². The van der Waals surface area contributed by atoms with Gasteiger partial charge in [-0.3, -0.25) is 8.75 Å². The van der Waals surface area contributed by atoms with Crippen molar-refractivity contribution < 1.29 is 0 Å². The molecule has 1 heterocycles. The van der Waals surface area contributed by atoms with Gasteiger partial charge in [0.15, 0.2) is 0 Å². The first kappa shape index (κ1) is 12.3. The summed E-state index contributed by atoms with van der Waals surface area (Å²) in [4.78, 5) is 12.4. The molecular formula is C13H18N2OS. The lowest BCUT2D eigenvalue weighted by molar-refractivity contribution is 0.287. The van der Waals surface area contributed by atoms with Crippen LogP contribution in [0.15, 0.2) is 29.1 Å². The molecule has 0 spiro atoms. The third-order valence-electron chi connectivity index (χ3n) is 3.62. The second-order valence-corrected chi connectivity index (χ2v) is 5.31. The maximum atomic E-state index is 12.4. The lowest BCUT2D eigenvalue weighted by Gasteiger charge is -2.30. The zero-order valence-electron chi connectivity index (χ0n) is 10.3. The van der Waals surface area contributed by atoms with E-state index in [4.69, 9.17) is 5.73 Å². The van der Waals surface area contributed by atoms with E-state index >= 15 is 0 Å². The van der Waals surface area contributed by atoms with Gasteiger partial charge in [0, 0.05) is 6.54 Å². The van der Waals surface area contributed by atoms with Gasteiger partial charge in [0.2, 0.25) is 0 Å². The first-order chi connectivity index (χ1) is 8.18. The van der Waals surface area contributed by atoms with Crippen molar-refractivity contribution in [3.05, 3.63) is 34.6 Å². The number of hydrogen-bond donors (Lipinski definition) is 1. The maximum Gasteiger partial charge on any atom is 0.269 e. The highest BCUT2D eigenvalue weighted by molar-refractivity contribution is 7.13. The van der Waals surface area contributed by atoms with Crippen molar-refractivity contribution in [3.8, 4) is 0 Å². The molecule has 2 rings (SSSR count). The van der Waals surface area contributed by atoms with Crippen LogP contribution in [0.1, 0.15) is 26.7 Å². The third kappa shape index (κ3) is 1.81. The van der Waals surface area contributed by atoms with Crippen LogP contribution in [0, 0.1) is 0 Å². The van der Waals surface area contributed by atoms with Crippen LogP contribution in [-0.2, 0) is 5.54 Å². The summed E-state index contributed by atoms with van der Waals surface area (Å²) in [6, 6.07) is 7.75. The van der Waals surface area contributed by atoms with Crippen molar-refractivity contribution in [3.63, 3.8) is 0 Å². The summed E-state index contributed by atoms with van der Waals surface area (Å²) in [5.74, 6) is 0. The van der Waals surface area contributed by atoms with Crippen LogP contribution in [0.5, 0.6) is 0 Å². The third-order valence-corrected chi connectivity index (χ3v) is 4.91. The summed E-state index contributed by atoms with van der Waals surface area (Å²) in [6.45, 7) is 4.69. The summed E-state index contributed by atoms with van der Waals surface area (Å²) in [6.07, 6.45) is 1.76. The second-order valence-electron chi connectivity index (χ2n) is 4.32. The Morgan fingerprint density at radius 2 is 1.94 bits per heavy atom. The molecular weight excluding hydrogens is 232 g/mol. The summed E-state index contributed by atoms with van der Waals surface area (Å²) >= 11 is 1.53. The molecule has 2 N–H and O–H groups in total. The number of benzene rings is 1. The van der Waals surface area contributed by atoms with Crippen molar-refractivity contribution in [1.29, 1.82) is 0 Å². The number of nitrogens with two attached hydrogens (primary N) is 1. The van der Waals surface area contributed by atoms with E-state index in [0.29, 0.717) is 6.54 Å². The summed E-state index contributed by atoms with van der Waals surface area (Å²) in [5, 5.41) is 0.803. The Bertz CT molecular complexity index is 558. The Kier molecular flexibility index (Phi) is 3.35. The van der Waals surface area contributed by atoms with E-state index in [9.17, 15) is 4.79 Å². The highest BCUT2D eigenvalue weighted by Crippen LogP contribution is 2.28. The zero-order chi connectivity index (χ0) is 12.5. The van der Waals surface area contributed by atoms with Gasteiger partial charge in [-0.25, -0.2) is 0 Å². The van der Waals surface area contributed by atoms with Crippen LogP contribution in [0.3, 0.4) is 0 Å². The van der Waals surface area contributed by atoms with Crippen LogP contribution in [-0.4, -0.2) is 10.5 Å². The first-order valence-corrected chi connectivity index (χ1v) is 6.77. The molecule has 17 heavy (non-hydrogen) atoms.